The quantitative estimate of drug-likeness (QED) is 0.512. The molecule has 7 heteroatoms. The zero-order valence-electron chi connectivity index (χ0n) is 17.5. The minimum atomic E-state index is -0.562. The molecule has 162 valence electrons. The summed E-state index contributed by atoms with van der Waals surface area (Å²) in [6.45, 7) is 5.94. The number of hydrogen-bond donors (Lipinski definition) is 1. The van der Waals surface area contributed by atoms with E-state index in [-0.39, 0.29) is 24.5 Å². The second kappa shape index (κ2) is 12.0. The third kappa shape index (κ3) is 7.33. The highest BCUT2D eigenvalue weighted by Gasteiger charge is 2.29. The standard InChI is InChI=1S/C23H28BrClN2O3/c1-4-20(23(29)26-16(2)3)27(13-12-17-8-6-5-7-9-17)22(28)15-30-21-11-10-18(24)14-19(21)25/h5-11,14,16,20H,4,12-13,15H2,1-3H3,(H,26,29). The molecule has 1 atom stereocenters. The minimum absolute atomic E-state index is 0.00422. The van der Waals surface area contributed by atoms with Gasteiger partial charge in [0.1, 0.15) is 11.8 Å². The van der Waals surface area contributed by atoms with Crippen molar-refractivity contribution in [3.63, 3.8) is 0 Å². The summed E-state index contributed by atoms with van der Waals surface area (Å²) in [5.74, 6) is 0.0159. The van der Waals surface area contributed by atoms with Crippen molar-refractivity contribution in [1.82, 2.24) is 10.2 Å². The third-order valence-corrected chi connectivity index (χ3v) is 5.33. The van der Waals surface area contributed by atoms with Crippen molar-refractivity contribution in [3.8, 4) is 5.75 Å². The zero-order valence-corrected chi connectivity index (χ0v) is 19.9. The fraction of sp³-hybridized carbons (Fsp3) is 0.391. The fourth-order valence-corrected chi connectivity index (χ4v) is 3.82. The summed E-state index contributed by atoms with van der Waals surface area (Å²) in [4.78, 5) is 27.4. The predicted molar refractivity (Wildman–Crippen MR) is 124 cm³/mol. The molecule has 0 aromatic heterocycles. The van der Waals surface area contributed by atoms with Crippen LogP contribution in [0.2, 0.25) is 5.02 Å². The summed E-state index contributed by atoms with van der Waals surface area (Å²) in [5, 5.41) is 3.33. The van der Waals surface area contributed by atoms with Crippen LogP contribution in [0.4, 0.5) is 0 Å². The first-order chi connectivity index (χ1) is 14.3. The Morgan fingerprint density at radius 3 is 2.47 bits per heavy atom. The van der Waals surface area contributed by atoms with Crippen LogP contribution in [-0.4, -0.2) is 41.9 Å². The molecule has 1 N–H and O–H groups in total. The molecule has 0 aliphatic rings. The van der Waals surface area contributed by atoms with Crippen molar-refractivity contribution in [2.75, 3.05) is 13.2 Å². The molecule has 0 saturated carbocycles. The highest BCUT2D eigenvalue weighted by Crippen LogP contribution is 2.27. The number of benzene rings is 2. The normalized spacial score (nSPS) is 11.8. The number of ether oxygens (including phenoxy) is 1. The molecule has 1 unspecified atom stereocenters. The highest BCUT2D eigenvalue weighted by molar-refractivity contribution is 9.10. The van der Waals surface area contributed by atoms with Crippen molar-refractivity contribution in [1.29, 1.82) is 0 Å². The Kier molecular flexibility index (Phi) is 9.66. The first-order valence-corrected chi connectivity index (χ1v) is 11.2. The van der Waals surface area contributed by atoms with Crippen molar-refractivity contribution in [2.45, 2.75) is 45.7 Å². The van der Waals surface area contributed by atoms with Gasteiger partial charge < -0.3 is 15.0 Å². The van der Waals surface area contributed by atoms with E-state index in [4.69, 9.17) is 16.3 Å². The molecule has 0 spiro atoms. The van der Waals surface area contributed by atoms with Gasteiger partial charge in [0.2, 0.25) is 5.91 Å². The lowest BCUT2D eigenvalue weighted by Gasteiger charge is -2.31. The Labute approximate surface area is 191 Å². The van der Waals surface area contributed by atoms with Gasteiger partial charge in [-0.1, -0.05) is 64.8 Å². The van der Waals surface area contributed by atoms with E-state index < -0.39 is 6.04 Å². The second-order valence-electron chi connectivity index (χ2n) is 7.27. The number of halogens is 2. The highest BCUT2D eigenvalue weighted by atomic mass is 79.9. The topological polar surface area (TPSA) is 58.6 Å². The van der Waals surface area contributed by atoms with Crippen LogP contribution < -0.4 is 10.1 Å². The molecule has 0 heterocycles. The van der Waals surface area contributed by atoms with Gasteiger partial charge in [-0.25, -0.2) is 0 Å². The van der Waals surface area contributed by atoms with Crippen LogP contribution in [0.5, 0.6) is 5.75 Å². The van der Waals surface area contributed by atoms with Gasteiger partial charge in [-0.05, 0) is 50.5 Å². The minimum Gasteiger partial charge on any atom is -0.482 e. The molecule has 0 bridgehead atoms. The molecule has 0 radical (unpaired) electrons. The van der Waals surface area contributed by atoms with E-state index in [0.29, 0.717) is 30.2 Å². The van der Waals surface area contributed by atoms with Crippen LogP contribution in [0.25, 0.3) is 0 Å². The Bertz CT molecular complexity index is 846. The molecule has 0 aliphatic carbocycles. The van der Waals surface area contributed by atoms with Gasteiger partial charge in [-0.2, -0.15) is 0 Å². The SMILES string of the molecule is CCC(C(=O)NC(C)C)N(CCc1ccccc1)C(=O)COc1ccc(Br)cc1Cl. The van der Waals surface area contributed by atoms with E-state index in [2.05, 4.69) is 21.2 Å². The summed E-state index contributed by atoms with van der Waals surface area (Å²) >= 11 is 9.53. The molecular weight excluding hydrogens is 468 g/mol. The number of amides is 2. The first kappa shape index (κ1) is 24.2. The van der Waals surface area contributed by atoms with E-state index in [1.54, 1.807) is 23.1 Å². The van der Waals surface area contributed by atoms with Crippen LogP contribution in [0.15, 0.2) is 53.0 Å². The van der Waals surface area contributed by atoms with Gasteiger partial charge in [0.25, 0.3) is 5.91 Å². The maximum Gasteiger partial charge on any atom is 0.261 e. The molecule has 0 fully saturated rings. The van der Waals surface area contributed by atoms with Gasteiger partial charge in [0, 0.05) is 17.1 Å². The molecule has 2 aromatic rings. The second-order valence-corrected chi connectivity index (χ2v) is 8.60. The number of carbonyl (C=O) groups excluding carboxylic acids is 2. The summed E-state index contributed by atoms with van der Waals surface area (Å²) in [6.07, 6.45) is 1.16. The van der Waals surface area contributed by atoms with Crippen LogP contribution in [0.1, 0.15) is 32.8 Å². The van der Waals surface area contributed by atoms with E-state index in [1.165, 1.54) is 0 Å². The Hall–Kier alpha value is -2.05. The summed E-state index contributed by atoms with van der Waals surface area (Å²) in [7, 11) is 0. The number of nitrogens with one attached hydrogen (secondary N) is 1. The monoisotopic (exact) mass is 494 g/mol. The smallest absolute Gasteiger partial charge is 0.261 e. The van der Waals surface area contributed by atoms with E-state index in [1.807, 2.05) is 51.1 Å². The van der Waals surface area contributed by atoms with Gasteiger partial charge in [-0.3, -0.25) is 9.59 Å². The summed E-state index contributed by atoms with van der Waals surface area (Å²) in [5.41, 5.74) is 1.10. The lowest BCUT2D eigenvalue weighted by Crippen LogP contribution is -2.52. The maximum atomic E-state index is 13.1. The van der Waals surface area contributed by atoms with Gasteiger partial charge in [0.05, 0.1) is 5.02 Å². The Morgan fingerprint density at radius 1 is 1.17 bits per heavy atom. The number of nitrogens with zero attached hydrogens (tertiary/aromatic N) is 1. The van der Waals surface area contributed by atoms with E-state index >= 15 is 0 Å². The van der Waals surface area contributed by atoms with Crippen molar-refractivity contribution in [3.05, 3.63) is 63.6 Å². The Morgan fingerprint density at radius 2 is 1.87 bits per heavy atom. The van der Waals surface area contributed by atoms with Gasteiger partial charge in [0.15, 0.2) is 6.61 Å². The average molecular weight is 496 g/mol. The van der Waals surface area contributed by atoms with Crippen LogP contribution in [0.3, 0.4) is 0 Å². The van der Waals surface area contributed by atoms with Gasteiger partial charge in [-0.15, -0.1) is 0 Å². The number of rotatable bonds is 10. The zero-order chi connectivity index (χ0) is 22.1. The van der Waals surface area contributed by atoms with Crippen molar-refractivity contribution in [2.24, 2.45) is 0 Å². The number of hydrogen-bond acceptors (Lipinski definition) is 3. The fourth-order valence-electron chi connectivity index (χ4n) is 3.09. The molecular formula is C23H28BrClN2O3. The van der Waals surface area contributed by atoms with Crippen molar-refractivity contribution >= 4 is 39.3 Å². The molecule has 2 amide bonds. The summed E-state index contributed by atoms with van der Waals surface area (Å²) in [6, 6.07) is 14.5. The van der Waals surface area contributed by atoms with E-state index in [9.17, 15) is 9.59 Å². The molecule has 2 rings (SSSR count). The van der Waals surface area contributed by atoms with Crippen molar-refractivity contribution < 1.29 is 14.3 Å². The van der Waals surface area contributed by atoms with Crippen LogP contribution in [-0.2, 0) is 16.0 Å². The summed E-state index contributed by atoms with van der Waals surface area (Å²) < 4.78 is 6.49. The molecule has 5 nitrogen and oxygen atoms in total. The lowest BCUT2D eigenvalue weighted by molar-refractivity contribution is -0.142. The lowest BCUT2D eigenvalue weighted by atomic mass is 10.1. The first-order valence-electron chi connectivity index (χ1n) is 10.0. The molecule has 0 saturated heterocycles. The number of carbonyl (C=O) groups is 2. The molecule has 30 heavy (non-hydrogen) atoms. The van der Waals surface area contributed by atoms with Crippen LogP contribution >= 0.6 is 27.5 Å². The Balaban J connectivity index is 2.14. The van der Waals surface area contributed by atoms with Crippen LogP contribution in [0, 0.1) is 0 Å². The van der Waals surface area contributed by atoms with E-state index in [0.717, 1.165) is 10.0 Å². The largest absolute Gasteiger partial charge is 0.482 e. The molecule has 2 aromatic carbocycles. The molecule has 0 aliphatic heterocycles. The average Bonchev–Trinajstić information content (AvgIpc) is 2.70. The maximum absolute atomic E-state index is 13.1. The predicted octanol–water partition coefficient (Wildman–Crippen LogP) is 4.86. The van der Waals surface area contributed by atoms with Gasteiger partial charge >= 0.3 is 0 Å². The third-order valence-electron chi connectivity index (χ3n) is 4.55.